The van der Waals surface area contributed by atoms with Crippen molar-refractivity contribution in [2.24, 2.45) is 5.92 Å². The number of hydrogen-bond acceptors (Lipinski definition) is 6. The van der Waals surface area contributed by atoms with Gasteiger partial charge in [-0.25, -0.2) is 18.7 Å². The van der Waals surface area contributed by atoms with E-state index >= 15 is 0 Å². The van der Waals surface area contributed by atoms with Crippen molar-refractivity contribution in [1.29, 1.82) is 0 Å². The van der Waals surface area contributed by atoms with E-state index in [-0.39, 0.29) is 29.0 Å². The molecule has 9 heteroatoms. The van der Waals surface area contributed by atoms with Crippen LogP contribution in [0.5, 0.6) is 11.5 Å². The lowest BCUT2D eigenvalue weighted by Gasteiger charge is -2.32. The fraction of sp³-hybridized carbons (Fsp3) is 0.519. The highest BCUT2D eigenvalue weighted by Gasteiger charge is 2.21. The Morgan fingerprint density at radius 1 is 1.00 bits per heavy atom. The molecule has 7 nitrogen and oxygen atoms in total. The summed E-state index contributed by atoms with van der Waals surface area (Å²) in [6, 6.07) is 4.15. The average molecular weight is 500 g/mol. The van der Waals surface area contributed by atoms with Gasteiger partial charge >= 0.3 is 0 Å². The van der Waals surface area contributed by atoms with E-state index < -0.39 is 11.6 Å². The molecule has 2 aromatic heterocycles. The Bertz CT molecular complexity index is 1100. The average Bonchev–Trinajstić information content (AvgIpc) is 3.32. The summed E-state index contributed by atoms with van der Waals surface area (Å²) in [7, 11) is 0. The van der Waals surface area contributed by atoms with Crippen molar-refractivity contribution in [3.63, 3.8) is 0 Å². The van der Waals surface area contributed by atoms with E-state index in [1.807, 2.05) is 27.7 Å². The highest BCUT2D eigenvalue weighted by molar-refractivity contribution is 5.62. The van der Waals surface area contributed by atoms with Gasteiger partial charge in [0.15, 0.2) is 5.75 Å². The van der Waals surface area contributed by atoms with E-state index in [2.05, 4.69) is 25.1 Å². The van der Waals surface area contributed by atoms with Crippen molar-refractivity contribution >= 4 is 5.95 Å². The number of hydrogen-bond donors (Lipinski definition) is 1. The molecule has 0 spiro atoms. The molecule has 0 atom stereocenters. The van der Waals surface area contributed by atoms with E-state index in [1.54, 1.807) is 18.5 Å². The van der Waals surface area contributed by atoms with Crippen molar-refractivity contribution in [3.05, 3.63) is 47.9 Å². The molecule has 1 saturated heterocycles. The van der Waals surface area contributed by atoms with Crippen LogP contribution < -0.4 is 14.4 Å². The van der Waals surface area contributed by atoms with Gasteiger partial charge in [-0.1, -0.05) is 13.8 Å². The molecule has 3 aromatic rings. The molecule has 1 aliphatic rings. The number of benzene rings is 1. The van der Waals surface area contributed by atoms with Crippen LogP contribution in [0.1, 0.15) is 65.0 Å². The fourth-order valence-corrected chi connectivity index (χ4v) is 4.43. The van der Waals surface area contributed by atoms with E-state index in [4.69, 9.17) is 9.47 Å². The number of aromatic amines is 1. The predicted molar refractivity (Wildman–Crippen MR) is 135 cm³/mol. The molecule has 1 N–H and O–H groups in total. The van der Waals surface area contributed by atoms with E-state index in [0.717, 1.165) is 50.4 Å². The summed E-state index contributed by atoms with van der Waals surface area (Å²) in [6.45, 7) is 10.1. The zero-order chi connectivity index (χ0) is 25.7. The van der Waals surface area contributed by atoms with Crippen LogP contribution in [0, 0.1) is 17.6 Å². The minimum Gasteiger partial charge on any atom is -0.493 e. The first-order chi connectivity index (χ1) is 17.3. The molecule has 194 valence electrons. The molecule has 0 saturated carbocycles. The molecule has 0 aliphatic carbocycles. The number of ether oxygens (including phenoxy) is 2. The van der Waals surface area contributed by atoms with Gasteiger partial charge < -0.3 is 14.4 Å². The first-order valence-electron chi connectivity index (χ1n) is 12.7. The van der Waals surface area contributed by atoms with Gasteiger partial charge in [0.2, 0.25) is 5.95 Å². The number of rotatable bonds is 10. The lowest BCUT2D eigenvalue weighted by atomic mass is 9.92. The molecular weight excluding hydrogens is 464 g/mol. The smallest absolute Gasteiger partial charge is 0.225 e. The van der Waals surface area contributed by atoms with Gasteiger partial charge in [0, 0.05) is 30.9 Å². The Balaban J connectivity index is 1.21. The van der Waals surface area contributed by atoms with Gasteiger partial charge in [0.05, 0.1) is 36.4 Å². The maximum Gasteiger partial charge on any atom is 0.225 e. The Labute approximate surface area is 211 Å². The van der Waals surface area contributed by atoms with Crippen LogP contribution in [0.3, 0.4) is 0 Å². The normalized spacial score (nSPS) is 14.6. The first-order valence-corrected chi connectivity index (χ1v) is 12.7. The molecular formula is C27H35F2N5O2. The topological polar surface area (TPSA) is 76.2 Å². The highest BCUT2D eigenvalue weighted by atomic mass is 19.1. The monoisotopic (exact) mass is 499 g/mol. The minimum atomic E-state index is -0.676. The zero-order valence-electron chi connectivity index (χ0n) is 21.4. The van der Waals surface area contributed by atoms with Crippen LogP contribution >= 0.6 is 0 Å². The quantitative estimate of drug-likeness (QED) is 0.338. The van der Waals surface area contributed by atoms with Crippen LogP contribution in [-0.2, 0) is 0 Å². The van der Waals surface area contributed by atoms with Crippen LogP contribution in [0.25, 0.3) is 11.3 Å². The summed E-state index contributed by atoms with van der Waals surface area (Å²) in [4.78, 5) is 11.1. The summed E-state index contributed by atoms with van der Waals surface area (Å²) in [6.07, 6.45) is 7.47. The molecule has 1 aliphatic heterocycles. The second kappa shape index (κ2) is 11.7. The third-order valence-corrected chi connectivity index (χ3v) is 6.40. The van der Waals surface area contributed by atoms with Crippen molar-refractivity contribution in [2.75, 3.05) is 24.6 Å². The summed E-state index contributed by atoms with van der Waals surface area (Å²) in [5, 5.41) is 6.90. The number of H-pyrrole nitrogens is 1. The number of halogens is 2. The van der Waals surface area contributed by atoms with Crippen LogP contribution in [0.4, 0.5) is 14.7 Å². The third kappa shape index (κ3) is 6.50. The van der Waals surface area contributed by atoms with Gasteiger partial charge in [-0.3, -0.25) is 5.10 Å². The van der Waals surface area contributed by atoms with Crippen LogP contribution in [0.2, 0.25) is 0 Å². The molecule has 0 unspecified atom stereocenters. The Hall–Kier alpha value is -3.23. The molecule has 1 fully saturated rings. The number of anilines is 1. The van der Waals surface area contributed by atoms with Crippen LogP contribution in [0.15, 0.2) is 30.6 Å². The number of nitrogens with zero attached hydrogens (tertiary/aromatic N) is 4. The summed E-state index contributed by atoms with van der Waals surface area (Å²) >= 11 is 0. The van der Waals surface area contributed by atoms with Gasteiger partial charge in [-0.2, -0.15) is 5.10 Å². The molecule has 0 amide bonds. The van der Waals surface area contributed by atoms with Crippen LogP contribution in [-0.4, -0.2) is 46.0 Å². The molecule has 4 rings (SSSR count). The van der Waals surface area contributed by atoms with Crippen molar-refractivity contribution < 1.29 is 18.3 Å². The van der Waals surface area contributed by atoms with Gasteiger partial charge in [-0.15, -0.1) is 0 Å². The first kappa shape index (κ1) is 25.9. The number of piperidine rings is 1. The number of aromatic nitrogens is 4. The van der Waals surface area contributed by atoms with Gasteiger partial charge in [0.1, 0.15) is 17.4 Å². The molecule has 3 heterocycles. The predicted octanol–water partition coefficient (Wildman–Crippen LogP) is 6.13. The van der Waals surface area contributed by atoms with E-state index in [1.165, 1.54) is 12.1 Å². The van der Waals surface area contributed by atoms with Crippen molar-refractivity contribution in [2.45, 2.75) is 65.4 Å². The maximum atomic E-state index is 14.7. The summed E-state index contributed by atoms with van der Waals surface area (Å²) < 4.78 is 40.6. The molecule has 0 radical (unpaired) electrons. The second-order valence-corrected chi connectivity index (χ2v) is 9.93. The molecule has 1 aromatic carbocycles. The minimum absolute atomic E-state index is 0.0940. The summed E-state index contributed by atoms with van der Waals surface area (Å²) in [5.74, 6) is 1.03. The summed E-state index contributed by atoms with van der Waals surface area (Å²) in [5.41, 5.74) is 0.955. The van der Waals surface area contributed by atoms with Crippen molar-refractivity contribution in [3.8, 4) is 22.8 Å². The Kier molecular flexibility index (Phi) is 8.38. The zero-order valence-corrected chi connectivity index (χ0v) is 21.4. The van der Waals surface area contributed by atoms with E-state index in [0.29, 0.717) is 18.3 Å². The third-order valence-electron chi connectivity index (χ3n) is 6.40. The number of nitrogens with one attached hydrogen (secondary N) is 1. The van der Waals surface area contributed by atoms with E-state index in [9.17, 15) is 8.78 Å². The van der Waals surface area contributed by atoms with Crippen molar-refractivity contribution in [1.82, 2.24) is 20.2 Å². The lowest BCUT2D eigenvalue weighted by molar-refractivity contribution is 0.240. The molecule has 36 heavy (non-hydrogen) atoms. The standard InChI is InChI=1S/C27H35F2N5O2/c1-17(2)24-14-25(33-32-24)26-22(28)12-20(13-23(26)29)35-11-5-6-19-7-9-34(10-8-19)27-30-15-21(16-31-27)36-18(3)4/h12-19H,5-11H2,1-4H3,(H,32,33). The van der Waals surface area contributed by atoms with Gasteiger partial charge in [0.25, 0.3) is 0 Å². The van der Waals surface area contributed by atoms with Gasteiger partial charge in [-0.05, 0) is 57.4 Å². The maximum absolute atomic E-state index is 14.7. The Morgan fingerprint density at radius 2 is 1.67 bits per heavy atom. The Morgan fingerprint density at radius 3 is 2.25 bits per heavy atom. The lowest BCUT2D eigenvalue weighted by Crippen LogP contribution is -2.34. The fourth-order valence-electron chi connectivity index (χ4n) is 4.43. The highest BCUT2D eigenvalue weighted by Crippen LogP contribution is 2.30. The SMILES string of the molecule is CC(C)Oc1cnc(N2CCC(CCCOc3cc(F)c(-c4cc(C(C)C)[nH]n4)c(F)c3)CC2)nc1. The largest absolute Gasteiger partial charge is 0.493 e. The second-order valence-electron chi connectivity index (χ2n) is 9.93. The molecule has 0 bridgehead atoms.